The fraction of sp³-hybridized carbons (Fsp3) is 0.467. The average Bonchev–Trinajstić information content (AvgIpc) is 2.20. The molecule has 0 saturated heterocycles. The lowest BCUT2D eigenvalue weighted by atomic mass is 10.0. The lowest BCUT2D eigenvalue weighted by molar-refractivity contribution is 0.534. The molecule has 0 spiro atoms. The standard InChI is InChI=1S/C15H23N/c1-11(2)16-14(5)13(4)10-15-9-7-6-8-12(15)3/h6-11,14,16H,1-5H3/b13-10+. The van der Waals surface area contributed by atoms with Crippen molar-refractivity contribution in [3.8, 4) is 0 Å². The Labute approximate surface area is 99.6 Å². The van der Waals surface area contributed by atoms with Crippen molar-refractivity contribution in [1.29, 1.82) is 0 Å². The highest BCUT2D eigenvalue weighted by Gasteiger charge is 2.05. The zero-order valence-corrected chi connectivity index (χ0v) is 11.0. The van der Waals surface area contributed by atoms with Gasteiger partial charge in [0.25, 0.3) is 0 Å². The molecule has 0 fully saturated rings. The summed E-state index contributed by atoms with van der Waals surface area (Å²) in [6.07, 6.45) is 2.27. The molecule has 1 unspecified atom stereocenters. The largest absolute Gasteiger partial charge is 0.308 e. The van der Waals surface area contributed by atoms with Crippen molar-refractivity contribution in [1.82, 2.24) is 5.32 Å². The Bertz CT molecular complexity index is 363. The molecule has 1 aromatic rings. The van der Waals surface area contributed by atoms with Gasteiger partial charge in [0.05, 0.1) is 0 Å². The Kier molecular flexibility index (Phi) is 4.75. The van der Waals surface area contributed by atoms with Crippen LogP contribution in [0.4, 0.5) is 0 Å². The molecule has 1 nitrogen and oxygen atoms in total. The smallest absolute Gasteiger partial charge is 0.0254 e. The van der Waals surface area contributed by atoms with Gasteiger partial charge in [0, 0.05) is 12.1 Å². The van der Waals surface area contributed by atoms with E-state index in [0.717, 1.165) is 0 Å². The summed E-state index contributed by atoms with van der Waals surface area (Å²) in [4.78, 5) is 0. The highest BCUT2D eigenvalue weighted by Crippen LogP contribution is 2.13. The van der Waals surface area contributed by atoms with Crippen LogP contribution in [0.2, 0.25) is 0 Å². The van der Waals surface area contributed by atoms with Gasteiger partial charge in [0.1, 0.15) is 0 Å². The van der Waals surface area contributed by atoms with Gasteiger partial charge in [-0.15, -0.1) is 0 Å². The van der Waals surface area contributed by atoms with E-state index in [2.05, 4.69) is 70.3 Å². The molecule has 0 amide bonds. The Morgan fingerprint density at radius 2 is 1.81 bits per heavy atom. The van der Waals surface area contributed by atoms with E-state index in [0.29, 0.717) is 12.1 Å². The summed E-state index contributed by atoms with van der Waals surface area (Å²) in [5, 5.41) is 3.51. The van der Waals surface area contributed by atoms with Crippen LogP contribution in [-0.2, 0) is 0 Å². The van der Waals surface area contributed by atoms with Crippen molar-refractivity contribution in [3.05, 3.63) is 41.0 Å². The van der Waals surface area contributed by atoms with E-state index < -0.39 is 0 Å². The van der Waals surface area contributed by atoms with Crippen LogP contribution in [0, 0.1) is 6.92 Å². The maximum Gasteiger partial charge on any atom is 0.0254 e. The summed E-state index contributed by atoms with van der Waals surface area (Å²) < 4.78 is 0. The van der Waals surface area contributed by atoms with E-state index in [1.165, 1.54) is 16.7 Å². The number of nitrogens with one attached hydrogen (secondary N) is 1. The van der Waals surface area contributed by atoms with Crippen LogP contribution in [0.15, 0.2) is 29.8 Å². The molecule has 1 aromatic carbocycles. The van der Waals surface area contributed by atoms with E-state index in [9.17, 15) is 0 Å². The minimum Gasteiger partial charge on any atom is -0.308 e. The highest BCUT2D eigenvalue weighted by molar-refractivity contribution is 5.56. The Balaban J connectivity index is 2.80. The molecule has 0 radical (unpaired) electrons. The Morgan fingerprint density at radius 3 is 2.38 bits per heavy atom. The van der Waals surface area contributed by atoms with Crippen LogP contribution in [0.3, 0.4) is 0 Å². The van der Waals surface area contributed by atoms with Gasteiger partial charge >= 0.3 is 0 Å². The van der Waals surface area contributed by atoms with Crippen LogP contribution in [0.1, 0.15) is 38.8 Å². The summed E-state index contributed by atoms with van der Waals surface area (Å²) in [7, 11) is 0. The normalized spacial score (nSPS) is 14.2. The fourth-order valence-electron chi connectivity index (χ4n) is 1.75. The zero-order chi connectivity index (χ0) is 12.1. The molecule has 1 rings (SSSR count). The third kappa shape index (κ3) is 3.82. The molecule has 0 aliphatic carbocycles. The summed E-state index contributed by atoms with van der Waals surface area (Å²) in [5.41, 5.74) is 4.03. The Hall–Kier alpha value is -1.08. The van der Waals surface area contributed by atoms with Gasteiger partial charge in [-0.1, -0.05) is 49.8 Å². The Morgan fingerprint density at radius 1 is 1.19 bits per heavy atom. The van der Waals surface area contributed by atoms with Crippen LogP contribution < -0.4 is 5.32 Å². The summed E-state index contributed by atoms with van der Waals surface area (Å²) in [6.45, 7) is 10.9. The maximum atomic E-state index is 3.51. The number of aryl methyl sites for hydroxylation is 1. The first kappa shape index (κ1) is 13.0. The second-order valence-corrected chi connectivity index (χ2v) is 4.79. The highest BCUT2D eigenvalue weighted by atomic mass is 14.9. The average molecular weight is 217 g/mol. The molecule has 0 aliphatic rings. The number of hydrogen-bond acceptors (Lipinski definition) is 1. The van der Waals surface area contributed by atoms with Crippen molar-refractivity contribution in [2.45, 2.75) is 46.7 Å². The second kappa shape index (κ2) is 5.86. The third-order valence-electron chi connectivity index (χ3n) is 2.84. The molecule has 88 valence electrons. The maximum absolute atomic E-state index is 3.51. The molecule has 0 bridgehead atoms. The predicted octanol–water partition coefficient (Wildman–Crippen LogP) is 3.78. The number of rotatable bonds is 4. The molecular formula is C15H23N. The third-order valence-corrected chi connectivity index (χ3v) is 2.84. The van der Waals surface area contributed by atoms with Crippen molar-refractivity contribution in [2.75, 3.05) is 0 Å². The molecule has 0 saturated carbocycles. The lowest BCUT2D eigenvalue weighted by Crippen LogP contribution is -2.33. The SMILES string of the molecule is C/C(=C\c1ccccc1C)C(C)NC(C)C. The van der Waals surface area contributed by atoms with Crippen molar-refractivity contribution >= 4 is 6.08 Å². The van der Waals surface area contributed by atoms with Crippen molar-refractivity contribution in [3.63, 3.8) is 0 Å². The van der Waals surface area contributed by atoms with Gasteiger partial charge in [0.15, 0.2) is 0 Å². The van der Waals surface area contributed by atoms with Crippen molar-refractivity contribution in [2.24, 2.45) is 0 Å². The minimum atomic E-state index is 0.430. The first-order valence-corrected chi connectivity index (χ1v) is 6.00. The fourth-order valence-corrected chi connectivity index (χ4v) is 1.75. The van der Waals surface area contributed by atoms with Gasteiger partial charge in [-0.2, -0.15) is 0 Å². The molecule has 0 heterocycles. The quantitative estimate of drug-likeness (QED) is 0.809. The number of benzene rings is 1. The van der Waals surface area contributed by atoms with Crippen molar-refractivity contribution < 1.29 is 0 Å². The predicted molar refractivity (Wildman–Crippen MR) is 72.6 cm³/mol. The first-order chi connectivity index (χ1) is 7.50. The molecule has 16 heavy (non-hydrogen) atoms. The summed E-state index contributed by atoms with van der Waals surface area (Å²) in [6, 6.07) is 9.44. The molecule has 0 aromatic heterocycles. The van der Waals surface area contributed by atoms with E-state index >= 15 is 0 Å². The molecule has 0 aliphatic heterocycles. The van der Waals surface area contributed by atoms with Crippen LogP contribution in [0.5, 0.6) is 0 Å². The van der Waals surface area contributed by atoms with Crippen LogP contribution in [0.25, 0.3) is 6.08 Å². The molecule has 1 heteroatoms. The minimum absolute atomic E-state index is 0.430. The monoisotopic (exact) mass is 217 g/mol. The summed E-state index contributed by atoms with van der Waals surface area (Å²) >= 11 is 0. The molecular weight excluding hydrogens is 194 g/mol. The van der Waals surface area contributed by atoms with E-state index in [4.69, 9.17) is 0 Å². The molecule has 1 atom stereocenters. The van der Waals surface area contributed by atoms with Crippen LogP contribution >= 0.6 is 0 Å². The van der Waals surface area contributed by atoms with E-state index in [-0.39, 0.29) is 0 Å². The van der Waals surface area contributed by atoms with Gasteiger partial charge < -0.3 is 5.32 Å². The first-order valence-electron chi connectivity index (χ1n) is 6.00. The van der Waals surface area contributed by atoms with Gasteiger partial charge in [0.2, 0.25) is 0 Å². The van der Waals surface area contributed by atoms with E-state index in [1.54, 1.807) is 0 Å². The lowest BCUT2D eigenvalue weighted by Gasteiger charge is -2.18. The van der Waals surface area contributed by atoms with Gasteiger partial charge in [-0.3, -0.25) is 0 Å². The van der Waals surface area contributed by atoms with Gasteiger partial charge in [-0.25, -0.2) is 0 Å². The topological polar surface area (TPSA) is 12.0 Å². The van der Waals surface area contributed by atoms with Gasteiger partial charge in [-0.05, 0) is 31.9 Å². The summed E-state index contributed by atoms with van der Waals surface area (Å²) in [5.74, 6) is 0. The molecule has 1 N–H and O–H groups in total. The number of hydrogen-bond donors (Lipinski definition) is 1. The zero-order valence-electron chi connectivity index (χ0n) is 11.0. The van der Waals surface area contributed by atoms with Crippen LogP contribution in [-0.4, -0.2) is 12.1 Å². The second-order valence-electron chi connectivity index (χ2n) is 4.79. The van der Waals surface area contributed by atoms with E-state index in [1.807, 2.05) is 0 Å².